The van der Waals surface area contributed by atoms with Crippen LogP contribution in [0.5, 0.6) is 0 Å². The first-order valence-corrected chi connectivity index (χ1v) is 5.07. The van der Waals surface area contributed by atoms with Gasteiger partial charge in [0.2, 0.25) is 0 Å². The highest BCUT2D eigenvalue weighted by Gasteiger charge is 2.05. The molecule has 0 saturated carbocycles. The number of alkyl halides is 1. The van der Waals surface area contributed by atoms with E-state index in [1.54, 1.807) is 13.0 Å². The van der Waals surface area contributed by atoms with Crippen LogP contribution in [0.2, 0.25) is 0 Å². The monoisotopic (exact) mass is 280 g/mol. The van der Waals surface area contributed by atoms with Crippen LogP contribution in [-0.4, -0.2) is 0 Å². The molecule has 0 atom stereocenters. The molecule has 0 radical (unpaired) electrons. The molecule has 0 heterocycles. The Morgan fingerprint density at radius 3 is 2.55 bits per heavy atom. The summed E-state index contributed by atoms with van der Waals surface area (Å²) in [5.41, 5.74) is 1.68. The largest absolute Gasteiger partial charge is 0.207 e. The van der Waals surface area contributed by atoms with Crippen molar-refractivity contribution in [3.63, 3.8) is 0 Å². The van der Waals surface area contributed by atoms with Crippen LogP contribution in [0.3, 0.4) is 0 Å². The quantitative estimate of drug-likeness (QED) is 0.687. The summed E-state index contributed by atoms with van der Waals surface area (Å²) in [7, 11) is 0. The normalized spacial score (nSPS) is 10.2. The van der Waals surface area contributed by atoms with E-state index >= 15 is 0 Å². The third kappa shape index (κ3) is 1.82. The molecule has 60 valence electrons. The average molecular weight is 282 g/mol. The molecule has 0 fully saturated rings. The summed E-state index contributed by atoms with van der Waals surface area (Å²) in [5, 5.41) is 0.678. The van der Waals surface area contributed by atoms with Gasteiger partial charge in [-0.1, -0.05) is 31.9 Å². The van der Waals surface area contributed by atoms with Crippen LogP contribution in [0, 0.1) is 12.7 Å². The van der Waals surface area contributed by atoms with Gasteiger partial charge in [-0.2, -0.15) is 0 Å². The lowest BCUT2D eigenvalue weighted by atomic mass is 10.1. The minimum absolute atomic E-state index is 0.150. The molecule has 0 nitrogen and oxygen atoms in total. The Morgan fingerprint density at radius 2 is 2.09 bits per heavy atom. The zero-order valence-electron chi connectivity index (χ0n) is 6.00. The second-order valence-corrected chi connectivity index (χ2v) is 3.68. The Kier molecular flexibility index (Phi) is 3.07. The highest BCUT2D eigenvalue weighted by Crippen LogP contribution is 2.24. The minimum Gasteiger partial charge on any atom is -0.207 e. The minimum atomic E-state index is -0.150. The molecule has 0 aromatic heterocycles. The maximum atomic E-state index is 12.9. The van der Waals surface area contributed by atoms with E-state index in [1.165, 1.54) is 6.07 Å². The number of hydrogen-bond acceptors (Lipinski definition) is 0. The van der Waals surface area contributed by atoms with E-state index in [2.05, 4.69) is 31.9 Å². The maximum Gasteiger partial charge on any atom is 0.126 e. The van der Waals surface area contributed by atoms with Crippen molar-refractivity contribution in [1.29, 1.82) is 0 Å². The Labute approximate surface area is 82.1 Å². The first kappa shape index (κ1) is 9.20. The van der Waals surface area contributed by atoms with Crippen molar-refractivity contribution < 1.29 is 4.39 Å². The van der Waals surface area contributed by atoms with Crippen molar-refractivity contribution in [2.24, 2.45) is 0 Å². The van der Waals surface area contributed by atoms with E-state index in [0.29, 0.717) is 10.9 Å². The fourth-order valence-corrected chi connectivity index (χ4v) is 2.53. The fourth-order valence-electron chi connectivity index (χ4n) is 0.859. The van der Waals surface area contributed by atoms with E-state index in [4.69, 9.17) is 0 Å². The second-order valence-electron chi connectivity index (χ2n) is 2.27. The van der Waals surface area contributed by atoms with Gasteiger partial charge in [-0.25, -0.2) is 4.39 Å². The molecule has 0 aliphatic rings. The molecule has 0 N–H and O–H groups in total. The lowest BCUT2D eigenvalue weighted by molar-refractivity contribution is 0.616. The van der Waals surface area contributed by atoms with Crippen LogP contribution in [0.1, 0.15) is 11.1 Å². The van der Waals surface area contributed by atoms with Crippen LogP contribution < -0.4 is 0 Å². The smallest absolute Gasteiger partial charge is 0.126 e. The van der Waals surface area contributed by atoms with Crippen LogP contribution >= 0.6 is 31.9 Å². The lowest BCUT2D eigenvalue weighted by Gasteiger charge is -2.04. The molecule has 0 aliphatic carbocycles. The predicted molar refractivity (Wildman–Crippen MR) is 51.5 cm³/mol. The van der Waals surface area contributed by atoms with Crippen LogP contribution in [-0.2, 0) is 5.33 Å². The third-order valence-electron chi connectivity index (χ3n) is 1.61. The summed E-state index contributed by atoms with van der Waals surface area (Å²) < 4.78 is 13.9. The molecule has 0 amide bonds. The first-order chi connectivity index (χ1) is 5.16. The van der Waals surface area contributed by atoms with Crippen molar-refractivity contribution in [1.82, 2.24) is 0 Å². The van der Waals surface area contributed by atoms with Crippen LogP contribution in [0.25, 0.3) is 0 Å². The molecule has 0 bridgehead atoms. The third-order valence-corrected chi connectivity index (χ3v) is 2.91. The van der Waals surface area contributed by atoms with E-state index < -0.39 is 0 Å². The van der Waals surface area contributed by atoms with Gasteiger partial charge in [0, 0.05) is 9.80 Å². The van der Waals surface area contributed by atoms with Crippen molar-refractivity contribution in [3.05, 3.63) is 33.5 Å². The number of rotatable bonds is 1. The molecule has 11 heavy (non-hydrogen) atoms. The van der Waals surface area contributed by atoms with Crippen molar-refractivity contribution in [3.8, 4) is 0 Å². The molecule has 0 aliphatic heterocycles. The van der Waals surface area contributed by atoms with Gasteiger partial charge >= 0.3 is 0 Å². The second kappa shape index (κ2) is 3.68. The van der Waals surface area contributed by atoms with Gasteiger partial charge in [0.05, 0.1) is 0 Å². The number of benzene rings is 1. The molecular formula is C8H7Br2F. The molecule has 0 spiro atoms. The zero-order valence-corrected chi connectivity index (χ0v) is 9.17. The van der Waals surface area contributed by atoms with E-state index in [0.717, 1.165) is 10.0 Å². The van der Waals surface area contributed by atoms with Crippen molar-refractivity contribution in [2.75, 3.05) is 0 Å². The summed E-state index contributed by atoms with van der Waals surface area (Å²) in [6, 6.07) is 3.19. The molecule has 1 aromatic carbocycles. The number of hydrogen-bond donors (Lipinski definition) is 0. The topological polar surface area (TPSA) is 0 Å². The molecular weight excluding hydrogens is 275 g/mol. The van der Waals surface area contributed by atoms with E-state index in [1.807, 2.05) is 0 Å². The highest BCUT2D eigenvalue weighted by atomic mass is 79.9. The molecule has 0 saturated heterocycles. The highest BCUT2D eigenvalue weighted by molar-refractivity contribution is 9.10. The van der Waals surface area contributed by atoms with Crippen molar-refractivity contribution >= 4 is 31.9 Å². The Bertz CT molecular complexity index is 271. The molecule has 0 unspecified atom stereocenters. The summed E-state index contributed by atoms with van der Waals surface area (Å²) >= 11 is 6.64. The number of halogens is 3. The maximum absolute atomic E-state index is 12.9. The van der Waals surface area contributed by atoms with Crippen LogP contribution in [0.4, 0.5) is 4.39 Å². The predicted octanol–water partition coefficient (Wildman–Crippen LogP) is 3.79. The first-order valence-electron chi connectivity index (χ1n) is 3.16. The van der Waals surface area contributed by atoms with Crippen molar-refractivity contribution in [2.45, 2.75) is 12.3 Å². The summed E-state index contributed by atoms with van der Waals surface area (Å²) in [4.78, 5) is 0. The average Bonchev–Trinajstić information content (AvgIpc) is 1.99. The summed E-state index contributed by atoms with van der Waals surface area (Å²) in [6.45, 7) is 1.77. The van der Waals surface area contributed by atoms with E-state index in [9.17, 15) is 4.39 Å². The molecule has 1 rings (SSSR count). The Balaban J connectivity index is 3.29. The molecule has 1 aromatic rings. The van der Waals surface area contributed by atoms with Gasteiger partial charge in [-0.3, -0.25) is 0 Å². The van der Waals surface area contributed by atoms with Gasteiger partial charge in [0.1, 0.15) is 5.82 Å². The SMILES string of the molecule is Cc1c(F)ccc(Br)c1CBr. The summed E-state index contributed by atoms with van der Waals surface area (Å²) in [5.74, 6) is -0.150. The van der Waals surface area contributed by atoms with Crippen LogP contribution in [0.15, 0.2) is 16.6 Å². The zero-order chi connectivity index (χ0) is 8.43. The van der Waals surface area contributed by atoms with Gasteiger partial charge in [-0.15, -0.1) is 0 Å². The van der Waals surface area contributed by atoms with Gasteiger partial charge in [0.25, 0.3) is 0 Å². The standard InChI is InChI=1S/C8H7Br2F/c1-5-6(4-9)7(10)2-3-8(5)11/h2-3H,4H2,1H3. The molecule has 3 heteroatoms. The van der Waals surface area contributed by atoms with E-state index in [-0.39, 0.29) is 5.82 Å². The van der Waals surface area contributed by atoms with Gasteiger partial charge in [-0.05, 0) is 30.2 Å². The summed E-state index contributed by atoms with van der Waals surface area (Å²) in [6.07, 6.45) is 0. The Hall–Kier alpha value is 0.110. The fraction of sp³-hybridized carbons (Fsp3) is 0.250. The van der Waals surface area contributed by atoms with Gasteiger partial charge < -0.3 is 0 Å². The van der Waals surface area contributed by atoms with Gasteiger partial charge in [0.15, 0.2) is 0 Å². The lowest BCUT2D eigenvalue weighted by Crippen LogP contribution is -1.90. The Morgan fingerprint density at radius 1 is 1.45 bits per heavy atom.